The third kappa shape index (κ3) is 3.56. The van der Waals surface area contributed by atoms with Crippen LogP contribution in [0.25, 0.3) is 16.7 Å². The van der Waals surface area contributed by atoms with Crippen molar-refractivity contribution in [3.05, 3.63) is 66.5 Å². The molecule has 1 saturated heterocycles. The van der Waals surface area contributed by atoms with Gasteiger partial charge in [0.15, 0.2) is 11.6 Å². The maximum atomic E-state index is 14.8. The zero-order valence-corrected chi connectivity index (χ0v) is 18.4. The molecule has 0 saturated carbocycles. The van der Waals surface area contributed by atoms with Crippen molar-refractivity contribution < 1.29 is 17.6 Å². The Kier molecular flexibility index (Phi) is 5.17. The Hall–Kier alpha value is -3.64. The fourth-order valence-corrected chi connectivity index (χ4v) is 5.90. The number of pyridine rings is 1. The first-order chi connectivity index (χ1) is 15.9. The van der Waals surface area contributed by atoms with Gasteiger partial charge in [-0.15, -0.1) is 4.80 Å². The number of sulfonamides is 1. The molecular weight excluding hydrogens is 449 g/mol. The standard InChI is InChI=1S/C21H20FN7O3S/c1-14-13-27(21(30)15-5-3-2-4-6-15)9-10-28(14)33(31,32)17-12-23-19-18(17)16(22)11-24-20(19)29-25-7-8-26-29/h2-8,11-12,14,23H,9-10,13H2,1H3/t14-/m0/s1. The zero-order valence-electron chi connectivity index (χ0n) is 17.6. The van der Waals surface area contributed by atoms with Crippen LogP contribution in [-0.4, -0.2) is 74.2 Å². The first kappa shape index (κ1) is 21.2. The molecule has 12 heteroatoms. The summed E-state index contributed by atoms with van der Waals surface area (Å²) in [4.78, 5) is 22.2. The molecule has 1 amide bonds. The van der Waals surface area contributed by atoms with Gasteiger partial charge in [0.1, 0.15) is 4.90 Å². The average Bonchev–Trinajstić information content (AvgIpc) is 3.50. The highest BCUT2D eigenvalue weighted by atomic mass is 32.2. The van der Waals surface area contributed by atoms with Crippen molar-refractivity contribution in [2.24, 2.45) is 0 Å². The van der Waals surface area contributed by atoms with Crippen LogP contribution >= 0.6 is 0 Å². The molecule has 10 nitrogen and oxygen atoms in total. The largest absolute Gasteiger partial charge is 0.357 e. The molecule has 3 aromatic heterocycles. The summed E-state index contributed by atoms with van der Waals surface area (Å²) >= 11 is 0. The molecule has 4 aromatic rings. The van der Waals surface area contributed by atoms with Crippen LogP contribution in [0, 0.1) is 5.82 Å². The van der Waals surface area contributed by atoms with Gasteiger partial charge in [-0.25, -0.2) is 17.8 Å². The highest BCUT2D eigenvalue weighted by molar-refractivity contribution is 7.89. The summed E-state index contributed by atoms with van der Waals surface area (Å²) in [5, 5.41) is 7.88. The number of nitrogens with one attached hydrogen (secondary N) is 1. The number of hydrogen-bond acceptors (Lipinski definition) is 6. The topological polar surface area (TPSA) is 117 Å². The lowest BCUT2D eigenvalue weighted by atomic mass is 10.1. The molecule has 0 bridgehead atoms. The Morgan fingerprint density at radius 2 is 1.88 bits per heavy atom. The summed E-state index contributed by atoms with van der Waals surface area (Å²) in [6, 6.07) is 8.34. The second-order valence-corrected chi connectivity index (χ2v) is 9.59. The molecule has 1 fully saturated rings. The number of aromatic amines is 1. The first-order valence-corrected chi connectivity index (χ1v) is 11.7. The summed E-state index contributed by atoms with van der Waals surface area (Å²) in [7, 11) is -4.07. The van der Waals surface area contributed by atoms with Crippen molar-refractivity contribution in [2.75, 3.05) is 19.6 Å². The van der Waals surface area contributed by atoms with Crippen molar-refractivity contribution in [2.45, 2.75) is 17.9 Å². The van der Waals surface area contributed by atoms with Gasteiger partial charge in [0, 0.05) is 37.4 Å². The number of carbonyl (C=O) groups is 1. The quantitative estimate of drug-likeness (QED) is 0.487. The van der Waals surface area contributed by atoms with E-state index in [1.165, 1.54) is 27.7 Å². The van der Waals surface area contributed by atoms with Gasteiger partial charge >= 0.3 is 0 Å². The van der Waals surface area contributed by atoms with E-state index in [9.17, 15) is 17.6 Å². The van der Waals surface area contributed by atoms with E-state index < -0.39 is 21.9 Å². The summed E-state index contributed by atoms with van der Waals surface area (Å²) in [6.45, 7) is 2.27. The van der Waals surface area contributed by atoms with Gasteiger partial charge in [0.2, 0.25) is 10.0 Å². The fourth-order valence-electron chi connectivity index (χ4n) is 4.12. The lowest BCUT2D eigenvalue weighted by Gasteiger charge is -2.38. The Morgan fingerprint density at radius 1 is 1.15 bits per heavy atom. The number of halogens is 1. The number of fused-ring (bicyclic) bond motifs is 1. The van der Waals surface area contributed by atoms with Gasteiger partial charge in [0.05, 0.1) is 29.5 Å². The number of hydrogen-bond donors (Lipinski definition) is 1. The third-order valence-electron chi connectivity index (χ3n) is 5.68. The van der Waals surface area contributed by atoms with E-state index in [1.54, 1.807) is 36.1 Å². The predicted octanol–water partition coefficient (Wildman–Crippen LogP) is 1.82. The molecule has 1 aliphatic rings. The summed E-state index contributed by atoms with van der Waals surface area (Å²) < 4.78 is 43.2. The van der Waals surface area contributed by atoms with Gasteiger partial charge in [-0.05, 0) is 19.1 Å². The van der Waals surface area contributed by atoms with Crippen LogP contribution < -0.4 is 0 Å². The van der Waals surface area contributed by atoms with E-state index in [4.69, 9.17) is 0 Å². The molecule has 33 heavy (non-hydrogen) atoms. The van der Waals surface area contributed by atoms with E-state index >= 15 is 0 Å². The lowest BCUT2D eigenvalue weighted by molar-refractivity contribution is 0.0642. The number of H-pyrrole nitrogens is 1. The van der Waals surface area contributed by atoms with Crippen molar-refractivity contribution in [1.29, 1.82) is 0 Å². The summed E-state index contributed by atoms with van der Waals surface area (Å²) in [5.41, 5.74) is 0.724. The summed E-state index contributed by atoms with van der Waals surface area (Å²) in [5.74, 6) is -0.740. The smallest absolute Gasteiger partial charge is 0.253 e. The normalized spacial score (nSPS) is 17.5. The van der Waals surface area contributed by atoms with Crippen LogP contribution in [-0.2, 0) is 10.0 Å². The van der Waals surface area contributed by atoms with Gasteiger partial charge in [-0.3, -0.25) is 4.79 Å². The van der Waals surface area contributed by atoms with E-state index in [-0.39, 0.29) is 47.2 Å². The average molecular weight is 470 g/mol. The van der Waals surface area contributed by atoms with Crippen LogP contribution in [0.4, 0.5) is 4.39 Å². The number of piperazine rings is 1. The van der Waals surface area contributed by atoms with E-state index in [2.05, 4.69) is 20.2 Å². The molecule has 0 radical (unpaired) electrons. The maximum absolute atomic E-state index is 14.8. The number of nitrogens with zero attached hydrogens (tertiary/aromatic N) is 6. The lowest BCUT2D eigenvalue weighted by Crippen LogP contribution is -2.55. The van der Waals surface area contributed by atoms with Crippen LogP contribution in [0.3, 0.4) is 0 Å². The second-order valence-electron chi connectivity index (χ2n) is 7.73. The molecule has 1 aliphatic heterocycles. The summed E-state index contributed by atoms with van der Waals surface area (Å²) in [6.07, 6.45) is 5.09. The van der Waals surface area contributed by atoms with Crippen LogP contribution in [0.2, 0.25) is 0 Å². The van der Waals surface area contributed by atoms with Gasteiger partial charge in [-0.2, -0.15) is 14.5 Å². The van der Waals surface area contributed by atoms with E-state index in [0.29, 0.717) is 5.56 Å². The number of benzene rings is 1. The number of rotatable bonds is 4. The van der Waals surface area contributed by atoms with E-state index in [0.717, 1.165) is 6.20 Å². The Bertz CT molecular complexity index is 1420. The Balaban J connectivity index is 1.46. The van der Waals surface area contributed by atoms with Gasteiger partial charge < -0.3 is 9.88 Å². The monoisotopic (exact) mass is 469 g/mol. The molecule has 5 rings (SSSR count). The minimum Gasteiger partial charge on any atom is -0.357 e. The van der Waals surface area contributed by atoms with E-state index in [1.807, 2.05) is 6.07 Å². The van der Waals surface area contributed by atoms with Gasteiger partial charge in [-0.1, -0.05) is 18.2 Å². The molecular formula is C21H20FN7O3S. The molecule has 1 aromatic carbocycles. The molecule has 170 valence electrons. The first-order valence-electron chi connectivity index (χ1n) is 10.3. The van der Waals surface area contributed by atoms with Crippen molar-refractivity contribution in [3.63, 3.8) is 0 Å². The number of amides is 1. The highest BCUT2D eigenvalue weighted by Crippen LogP contribution is 2.31. The number of carbonyl (C=O) groups excluding carboxylic acids is 1. The fraction of sp³-hybridized carbons (Fsp3) is 0.238. The molecule has 0 spiro atoms. The zero-order chi connectivity index (χ0) is 23.2. The molecule has 1 N–H and O–H groups in total. The highest BCUT2D eigenvalue weighted by Gasteiger charge is 2.37. The molecule has 0 aliphatic carbocycles. The van der Waals surface area contributed by atoms with Crippen molar-refractivity contribution in [1.82, 2.24) is 34.2 Å². The molecule has 1 atom stereocenters. The van der Waals surface area contributed by atoms with Crippen LogP contribution in [0.1, 0.15) is 17.3 Å². The predicted molar refractivity (Wildman–Crippen MR) is 117 cm³/mol. The Morgan fingerprint density at radius 3 is 2.58 bits per heavy atom. The van der Waals surface area contributed by atoms with Crippen molar-refractivity contribution in [3.8, 4) is 5.82 Å². The SMILES string of the molecule is C[C@H]1CN(C(=O)c2ccccc2)CCN1S(=O)(=O)c1c[nH]c2c(-n3nccn3)ncc(F)c12. The number of aromatic nitrogens is 5. The molecule has 0 unspecified atom stereocenters. The van der Waals surface area contributed by atoms with Crippen LogP contribution in [0.5, 0.6) is 0 Å². The minimum atomic E-state index is -4.07. The van der Waals surface area contributed by atoms with Crippen LogP contribution in [0.15, 0.2) is 60.0 Å². The molecule has 4 heterocycles. The minimum absolute atomic E-state index is 0.0923. The van der Waals surface area contributed by atoms with Gasteiger partial charge in [0.25, 0.3) is 5.91 Å². The third-order valence-corrected chi connectivity index (χ3v) is 7.71. The Labute approximate surface area is 188 Å². The maximum Gasteiger partial charge on any atom is 0.253 e. The second kappa shape index (κ2) is 8.05. The van der Waals surface area contributed by atoms with Crippen molar-refractivity contribution >= 4 is 26.8 Å².